The van der Waals surface area contributed by atoms with Gasteiger partial charge in [0.2, 0.25) is 0 Å². The molecule has 1 fully saturated rings. The molecule has 0 aromatic heterocycles. The molecule has 5 nitrogen and oxygen atoms in total. The summed E-state index contributed by atoms with van der Waals surface area (Å²) in [5.41, 5.74) is 2.43. The van der Waals surface area contributed by atoms with E-state index in [-0.39, 0.29) is 0 Å². The number of nitrogens with one attached hydrogen (secondary N) is 1. The lowest BCUT2D eigenvalue weighted by molar-refractivity contribution is 0.133. The van der Waals surface area contributed by atoms with Gasteiger partial charge in [-0.3, -0.25) is 0 Å². The van der Waals surface area contributed by atoms with Crippen molar-refractivity contribution in [3.63, 3.8) is 0 Å². The summed E-state index contributed by atoms with van der Waals surface area (Å²) in [5.74, 6) is 1.56. The number of ether oxygens (including phenoxy) is 2. The summed E-state index contributed by atoms with van der Waals surface area (Å²) in [6.45, 7) is 9.75. The van der Waals surface area contributed by atoms with Crippen molar-refractivity contribution in [1.29, 1.82) is 0 Å². The van der Waals surface area contributed by atoms with Crippen LogP contribution in [0.15, 0.2) is 29.3 Å². The molecule has 1 aliphatic heterocycles. The van der Waals surface area contributed by atoms with Gasteiger partial charge in [-0.25, -0.2) is 4.99 Å². The normalized spacial score (nSPS) is 18.0. The second kappa shape index (κ2) is 10.3. The number of hydrogen-bond acceptors (Lipinski definition) is 3. The predicted octanol–water partition coefficient (Wildman–Crippen LogP) is 2.66. The zero-order valence-corrected chi connectivity index (χ0v) is 15.3. The summed E-state index contributed by atoms with van der Waals surface area (Å²) in [5, 5.41) is 3.39. The number of hydrogen-bond donors (Lipinski definition) is 1. The average molecular weight is 333 g/mol. The molecule has 1 saturated heterocycles. The Morgan fingerprint density at radius 3 is 2.79 bits per heavy atom. The Morgan fingerprint density at radius 2 is 2.12 bits per heavy atom. The van der Waals surface area contributed by atoms with Crippen LogP contribution in [0.1, 0.15) is 31.4 Å². The Balaban J connectivity index is 2.01. The fourth-order valence-electron chi connectivity index (χ4n) is 2.90. The van der Waals surface area contributed by atoms with Gasteiger partial charge < -0.3 is 19.7 Å². The molecule has 0 bridgehead atoms. The van der Waals surface area contributed by atoms with Crippen molar-refractivity contribution in [1.82, 2.24) is 10.2 Å². The lowest BCUT2D eigenvalue weighted by Gasteiger charge is -2.24. The van der Waals surface area contributed by atoms with E-state index in [9.17, 15) is 0 Å². The molecule has 1 aliphatic rings. The van der Waals surface area contributed by atoms with E-state index in [0.717, 1.165) is 45.3 Å². The fraction of sp³-hybridized carbons (Fsp3) is 0.632. The van der Waals surface area contributed by atoms with Gasteiger partial charge in [-0.05, 0) is 31.4 Å². The number of nitrogens with zero attached hydrogens (tertiary/aromatic N) is 2. The van der Waals surface area contributed by atoms with E-state index in [1.807, 2.05) is 6.92 Å². The molecular formula is C19H31N3O2. The molecule has 0 amide bonds. The third-order valence-corrected chi connectivity index (χ3v) is 4.23. The Kier molecular flexibility index (Phi) is 8.05. The summed E-state index contributed by atoms with van der Waals surface area (Å²) in [6.07, 6.45) is 1.14. The molecule has 5 heteroatoms. The first-order chi connectivity index (χ1) is 11.7. The van der Waals surface area contributed by atoms with Crippen LogP contribution in [0, 0.1) is 5.92 Å². The molecule has 2 rings (SSSR count). The van der Waals surface area contributed by atoms with Crippen molar-refractivity contribution in [2.75, 3.05) is 40.0 Å². The van der Waals surface area contributed by atoms with Crippen molar-refractivity contribution in [2.24, 2.45) is 10.9 Å². The van der Waals surface area contributed by atoms with Crippen LogP contribution in [0.4, 0.5) is 0 Å². The van der Waals surface area contributed by atoms with Gasteiger partial charge in [0, 0.05) is 39.3 Å². The van der Waals surface area contributed by atoms with Gasteiger partial charge in [0.25, 0.3) is 0 Å². The highest BCUT2D eigenvalue weighted by molar-refractivity contribution is 5.79. The summed E-state index contributed by atoms with van der Waals surface area (Å²) in [4.78, 5) is 7.05. The molecule has 1 N–H and O–H groups in total. The SMILES string of the molecule is CCNC(=NCc1ccccc1COCC)N(C)CC1CCOC1. The maximum absolute atomic E-state index is 5.56. The third kappa shape index (κ3) is 5.80. The largest absolute Gasteiger partial charge is 0.381 e. The van der Waals surface area contributed by atoms with Crippen LogP contribution in [-0.4, -0.2) is 50.8 Å². The Morgan fingerprint density at radius 1 is 1.33 bits per heavy atom. The summed E-state index contributed by atoms with van der Waals surface area (Å²) in [7, 11) is 2.10. The van der Waals surface area contributed by atoms with Gasteiger partial charge in [-0.1, -0.05) is 24.3 Å². The van der Waals surface area contributed by atoms with Gasteiger partial charge in [-0.2, -0.15) is 0 Å². The minimum atomic E-state index is 0.601. The van der Waals surface area contributed by atoms with E-state index in [4.69, 9.17) is 14.5 Å². The zero-order valence-electron chi connectivity index (χ0n) is 15.3. The van der Waals surface area contributed by atoms with E-state index in [2.05, 4.69) is 48.5 Å². The molecule has 1 aromatic carbocycles. The molecule has 0 aliphatic carbocycles. The first-order valence-electron chi connectivity index (χ1n) is 8.96. The van der Waals surface area contributed by atoms with Crippen LogP contribution in [0.25, 0.3) is 0 Å². The molecule has 134 valence electrons. The number of benzene rings is 1. The van der Waals surface area contributed by atoms with Crippen LogP contribution in [0.3, 0.4) is 0 Å². The Hall–Kier alpha value is -1.59. The molecule has 1 unspecified atom stereocenters. The van der Waals surface area contributed by atoms with Crippen molar-refractivity contribution in [2.45, 2.75) is 33.4 Å². The number of guanidine groups is 1. The molecule has 1 atom stereocenters. The molecule has 0 spiro atoms. The van der Waals surface area contributed by atoms with Crippen molar-refractivity contribution in [3.05, 3.63) is 35.4 Å². The molecule has 24 heavy (non-hydrogen) atoms. The van der Waals surface area contributed by atoms with E-state index in [1.165, 1.54) is 11.1 Å². The zero-order chi connectivity index (χ0) is 17.2. The third-order valence-electron chi connectivity index (χ3n) is 4.23. The molecule has 1 heterocycles. The number of aliphatic imine (C=N–C) groups is 1. The lowest BCUT2D eigenvalue weighted by Crippen LogP contribution is -2.41. The maximum atomic E-state index is 5.56. The lowest BCUT2D eigenvalue weighted by atomic mass is 10.1. The smallest absolute Gasteiger partial charge is 0.193 e. The van der Waals surface area contributed by atoms with Gasteiger partial charge >= 0.3 is 0 Å². The van der Waals surface area contributed by atoms with Crippen LogP contribution in [-0.2, 0) is 22.6 Å². The highest BCUT2D eigenvalue weighted by Gasteiger charge is 2.19. The fourth-order valence-corrected chi connectivity index (χ4v) is 2.90. The highest BCUT2D eigenvalue weighted by atomic mass is 16.5. The molecule has 0 radical (unpaired) electrons. The number of rotatable bonds is 8. The Labute approximate surface area is 146 Å². The topological polar surface area (TPSA) is 46.1 Å². The van der Waals surface area contributed by atoms with E-state index in [1.54, 1.807) is 0 Å². The van der Waals surface area contributed by atoms with Gasteiger partial charge in [-0.15, -0.1) is 0 Å². The minimum absolute atomic E-state index is 0.601. The first kappa shape index (κ1) is 18.7. The maximum Gasteiger partial charge on any atom is 0.193 e. The quantitative estimate of drug-likeness (QED) is 0.587. The predicted molar refractivity (Wildman–Crippen MR) is 98.1 cm³/mol. The van der Waals surface area contributed by atoms with Crippen LogP contribution < -0.4 is 5.32 Å². The summed E-state index contributed by atoms with van der Waals surface area (Å²) in [6, 6.07) is 8.37. The van der Waals surface area contributed by atoms with Crippen molar-refractivity contribution >= 4 is 5.96 Å². The molecule has 1 aromatic rings. The van der Waals surface area contributed by atoms with Crippen LogP contribution >= 0.6 is 0 Å². The second-order valence-electron chi connectivity index (χ2n) is 6.19. The minimum Gasteiger partial charge on any atom is -0.381 e. The standard InChI is InChI=1S/C19H31N3O2/c1-4-20-19(22(3)13-16-10-11-24-14-16)21-12-17-8-6-7-9-18(17)15-23-5-2/h6-9,16H,4-5,10-15H2,1-3H3,(H,20,21). The highest BCUT2D eigenvalue weighted by Crippen LogP contribution is 2.14. The van der Waals surface area contributed by atoms with Gasteiger partial charge in [0.1, 0.15) is 0 Å². The van der Waals surface area contributed by atoms with E-state index < -0.39 is 0 Å². The summed E-state index contributed by atoms with van der Waals surface area (Å²) >= 11 is 0. The van der Waals surface area contributed by atoms with E-state index >= 15 is 0 Å². The van der Waals surface area contributed by atoms with Crippen LogP contribution in [0.2, 0.25) is 0 Å². The van der Waals surface area contributed by atoms with E-state index in [0.29, 0.717) is 19.1 Å². The molecular weight excluding hydrogens is 302 g/mol. The van der Waals surface area contributed by atoms with Crippen molar-refractivity contribution in [3.8, 4) is 0 Å². The Bertz CT molecular complexity index is 513. The second-order valence-corrected chi connectivity index (χ2v) is 6.19. The van der Waals surface area contributed by atoms with Crippen molar-refractivity contribution < 1.29 is 9.47 Å². The monoisotopic (exact) mass is 333 g/mol. The van der Waals surface area contributed by atoms with Gasteiger partial charge in [0.15, 0.2) is 5.96 Å². The van der Waals surface area contributed by atoms with Crippen LogP contribution in [0.5, 0.6) is 0 Å². The summed E-state index contributed by atoms with van der Waals surface area (Å²) < 4.78 is 11.0. The average Bonchev–Trinajstić information content (AvgIpc) is 3.10. The van der Waals surface area contributed by atoms with Gasteiger partial charge in [0.05, 0.1) is 19.8 Å². The first-order valence-corrected chi connectivity index (χ1v) is 8.96. The molecule has 0 saturated carbocycles.